The van der Waals surface area contributed by atoms with Crippen LogP contribution in [0.15, 0.2) is 34.2 Å². The first kappa shape index (κ1) is 11.8. The number of carbonyl (C=O) groups is 2. The van der Waals surface area contributed by atoms with Gasteiger partial charge < -0.3 is 22.5 Å². The van der Waals surface area contributed by atoms with Gasteiger partial charge in [-0.15, -0.1) is 0 Å². The molecule has 0 radical (unpaired) electrons. The van der Waals surface area contributed by atoms with Crippen molar-refractivity contribution in [3.63, 3.8) is 0 Å². The van der Waals surface area contributed by atoms with Gasteiger partial charge in [0.2, 0.25) is 0 Å². The van der Waals surface area contributed by atoms with E-state index in [2.05, 4.69) is 4.99 Å². The summed E-state index contributed by atoms with van der Waals surface area (Å²) in [5, 5.41) is 10.5. The molecule has 0 unspecified atom stereocenters. The normalized spacial score (nSPS) is 17.3. The smallest absolute Gasteiger partial charge is 0.282 e. The van der Waals surface area contributed by atoms with Crippen molar-refractivity contribution in [2.24, 2.45) is 4.99 Å². The Morgan fingerprint density at radius 2 is 2.00 bits per heavy atom. The largest absolute Gasteiger partial charge is 0.753 e. The van der Waals surface area contributed by atoms with E-state index in [1.165, 1.54) is 12.1 Å². The molecule has 0 bridgehead atoms. The van der Waals surface area contributed by atoms with E-state index in [0.717, 1.165) is 11.8 Å². The first-order valence-corrected chi connectivity index (χ1v) is 5.80. The second-order valence-electron chi connectivity index (χ2n) is 3.20. The van der Waals surface area contributed by atoms with E-state index in [4.69, 9.17) is 12.6 Å². The van der Waals surface area contributed by atoms with Crippen molar-refractivity contribution < 1.29 is 14.7 Å². The van der Waals surface area contributed by atoms with Gasteiger partial charge in [0.05, 0.1) is 10.9 Å². The fourth-order valence-electron chi connectivity index (χ4n) is 1.26. The Bertz CT molecular complexity index is 546. The molecule has 0 saturated carbocycles. The number of aliphatic imine (C=N–C) groups is 1. The second kappa shape index (κ2) is 4.68. The van der Waals surface area contributed by atoms with E-state index in [-0.39, 0.29) is 11.5 Å². The van der Waals surface area contributed by atoms with Crippen LogP contribution in [-0.2, 0) is 17.4 Å². The van der Waals surface area contributed by atoms with Gasteiger partial charge in [0, 0.05) is 0 Å². The number of benzene rings is 1. The molecule has 0 aromatic heterocycles. The third kappa shape index (κ3) is 2.72. The lowest BCUT2D eigenvalue weighted by atomic mass is 10.1. The Hall–Kier alpha value is -1.66. The van der Waals surface area contributed by atoms with Crippen LogP contribution in [0.2, 0.25) is 0 Å². The molecule has 0 saturated heterocycles. The van der Waals surface area contributed by atoms with Crippen LogP contribution in [-0.4, -0.2) is 16.3 Å². The summed E-state index contributed by atoms with van der Waals surface area (Å²) in [6, 6.07) is 6.02. The first-order valence-electron chi connectivity index (χ1n) is 4.57. The van der Waals surface area contributed by atoms with Gasteiger partial charge in [0.25, 0.3) is 5.91 Å². The number of nitrogens with zero attached hydrogens (tertiary/aromatic N) is 1. The number of carboxylic acids is 1. The number of rotatable bonds is 2. The van der Waals surface area contributed by atoms with Crippen molar-refractivity contribution in [2.45, 2.75) is 0 Å². The number of thioether (sulfide) groups is 1. The quantitative estimate of drug-likeness (QED) is 0.576. The highest BCUT2D eigenvalue weighted by Gasteiger charge is 2.14. The number of aromatic carboxylic acids is 1. The van der Waals surface area contributed by atoms with Crippen LogP contribution in [0.25, 0.3) is 6.08 Å². The molecule has 0 atom stereocenters. The Morgan fingerprint density at radius 3 is 2.47 bits per heavy atom. The number of hydrogen-bond donors (Lipinski definition) is 0. The molecule has 1 heterocycles. The minimum absolute atomic E-state index is 0.0951. The van der Waals surface area contributed by atoms with Crippen molar-refractivity contribution in [3.05, 3.63) is 40.3 Å². The summed E-state index contributed by atoms with van der Waals surface area (Å²) in [5.74, 6) is -1.59. The molecule has 6 heteroatoms. The van der Waals surface area contributed by atoms with Gasteiger partial charge >= 0.3 is 0 Å². The van der Waals surface area contributed by atoms with Gasteiger partial charge in [0.1, 0.15) is 0 Å². The van der Waals surface area contributed by atoms with Gasteiger partial charge in [-0.3, -0.25) is 4.79 Å². The van der Waals surface area contributed by atoms with Crippen LogP contribution < -0.4 is 5.11 Å². The van der Waals surface area contributed by atoms with Gasteiger partial charge in [-0.05, 0) is 21.6 Å². The molecule has 4 nitrogen and oxygen atoms in total. The SMILES string of the molecule is O=C1N=C([S-])S/C1=C/c1ccc(C(=O)[O-])cc1. The second-order valence-corrected chi connectivity index (χ2v) is 4.88. The average Bonchev–Trinajstić information content (AvgIpc) is 2.58. The maximum atomic E-state index is 11.3. The molecular weight excluding hydrogens is 258 g/mol. The number of hydrogen-bond acceptors (Lipinski definition) is 5. The molecule has 0 fully saturated rings. The zero-order valence-corrected chi connectivity index (χ0v) is 10.0. The molecule has 0 N–H and O–H groups in total. The van der Waals surface area contributed by atoms with Gasteiger partial charge in [-0.25, -0.2) is 4.99 Å². The predicted octanol–water partition coefficient (Wildman–Crippen LogP) is 0.567. The lowest BCUT2D eigenvalue weighted by molar-refractivity contribution is -0.255. The molecule has 1 aromatic carbocycles. The van der Waals surface area contributed by atoms with Crippen molar-refractivity contribution in [2.75, 3.05) is 0 Å². The summed E-state index contributed by atoms with van der Waals surface area (Å²) in [5.41, 5.74) is 0.809. The predicted molar refractivity (Wildman–Crippen MR) is 66.1 cm³/mol. The van der Waals surface area contributed by atoms with E-state index < -0.39 is 5.97 Å². The molecule has 17 heavy (non-hydrogen) atoms. The molecule has 86 valence electrons. The highest BCUT2D eigenvalue weighted by molar-refractivity contribution is 8.30. The monoisotopic (exact) mass is 263 g/mol. The van der Waals surface area contributed by atoms with Crippen LogP contribution in [0.1, 0.15) is 15.9 Å². The minimum Gasteiger partial charge on any atom is -0.753 e. The molecule has 0 aliphatic carbocycles. The zero-order chi connectivity index (χ0) is 12.4. The van der Waals surface area contributed by atoms with Gasteiger partial charge in [-0.1, -0.05) is 36.0 Å². The summed E-state index contributed by atoms with van der Waals surface area (Å²) < 4.78 is 0.299. The number of amides is 1. The van der Waals surface area contributed by atoms with E-state index in [1.54, 1.807) is 18.2 Å². The maximum absolute atomic E-state index is 11.3. The van der Waals surface area contributed by atoms with Crippen LogP contribution in [0, 0.1) is 0 Å². The topological polar surface area (TPSA) is 69.6 Å². The molecular formula is C11H5NO3S2-2. The lowest BCUT2D eigenvalue weighted by Crippen LogP contribution is -2.21. The molecule has 1 aromatic rings. The fraction of sp³-hybridized carbons (Fsp3) is 0. The van der Waals surface area contributed by atoms with Gasteiger partial charge in [-0.2, -0.15) is 0 Å². The van der Waals surface area contributed by atoms with Crippen molar-refractivity contribution in [1.82, 2.24) is 0 Å². The van der Waals surface area contributed by atoms with Crippen LogP contribution >= 0.6 is 11.8 Å². The summed E-state index contributed by atoms with van der Waals surface area (Å²) in [4.78, 5) is 25.9. The summed E-state index contributed by atoms with van der Waals surface area (Å²) in [7, 11) is 0. The van der Waals surface area contributed by atoms with Crippen molar-refractivity contribution in [3.8, 4) is 0 Å². The Kier molecular flexibility index (Phi) is 3.26. The van der Waals surface area contributed by atoms with E-state index >= 15 is 0 Å². The van der Waals surface area contributed by atoms with Crippen molar-refractivity contribution >= 4 is 46.7 Å². The maximum Gasteiger partial charge on any atom is 0.282 e. The Balaban J connectivity index is 2.23. The third-order valence-electron chi connectivity index (χ3n) is 2.05. The number of carbonyl (C=O) groups excluding carboxylic acids is 2. The van der Waals surface area contributed by atoms with E-state index in [0.29, 0.717) is 14.8 Å². The Labute approximate surface area is 107 Å². The molecule has 1 aliphatic heterocycles. The summed E-state index contributed by atoms with van der Waals surface area (Å²) >= 11 is 5.92. The number of carboxylic acid groups (broad SMARTS) is 1. The van der Waals surface area contributed by atoms with Gasteiger partial charge in [0.15, 0.2) is 0 Å². The third-order valence-corrected chi connectivity index (χ3v) is 3.16. The average molecular weight is 263 g/mol. The standard InChI is InChI=1S/C11H7NO3S2/c13-9-8(17-11(16)12-9)5-6-1-3-7(4-2-6)10(14)15/h1-5H,(H,14,15)(H,12,13,16)/p-2/b8-5+. The lowest BCUT2D eigenvalue weighted by Gasteiger charge is -2.02. The zero-order valence-electron chi connectivity index (χ0n) is 8.38. The Morgan fingerprint density at radius 1 is 1.35 bits per heavy atom. The van der Waals surface area contributed by atoms with Crippen molar-refractivity contribution in [1.29, 1.82) is 0 Å². The fourth-order valence-corrected chi connectivity index (χ4v) is 2.25. The minimum atomic E-state index is -1.23. The van der Waals surface area contributed by atoms with Crippen LogP contribution in [0.5, 0.6) is 0 Å². The summed E-state index contributed by atoms with van der Waals surface area (Å²) in [6.45, 7) is 0. The molecule has 0 spiro atoms. The van der Waals surface area contributed by atoms with E-state index in [1.807, 2.05) is 0 Å². The summed E-state index contributed by atoms with van der Waals surface area (Å²) in [6.07, 6.45) is 1.62. The molecule has 1 aliphatic rings. The highest BCUT2D eigenvalue weighted by Crippen LogP contribution is 2.27. The first-order chi connectivity index (χ1) is 8.06. The van der Waals surface area contributed by atoms with Crippen LogP contribution in [0.4, 0.5) is 0 Å². The molecule has 1 amide bonds. The highest BCUT2D eigenvalue weighted by atomic mass is 32.2. The molecule has 2 rings (SSSR count). The van der Waals surface area contributed by atoms with Crippen LogP contribution in [0.3, 0.4) is 0 Å². The van der Waals surface area contributed by atoms with E-state index in [9.17, 15) is 14.7 Å².